The molecule has 1 N–H and O–H groups in total. The summed E-state index contributed by atoms with van der Waals surface area (Å²) in [6.45, 7) is 4.08. The van der Waals surface area contributed by atoms with Crippen LogP contribution in [0, 0.1) is 0 Å². The van der Waals surface area contributed by atoms with Crippen molar-refractivity contribution in [2.75, 3.05) is 40.5 Å². The highest BCUT2D eigenvalue weighted by Gasteiger charge is 2.26. The van der Waals surface area contributed by atoms with Crippen molar-refractivity contribution in [3.8, 4) is 0 Å². The van der Waals surface area contributed by atoms with Crippen molar-refractivity contribution >= 4 is 19.8 Å². The maximum absolute atomic E-state index is 12.7. The van der Waals surface area contributed by atoms with Gasteiger partial charge in [0, 0.05) is 19.4 Å². The van der Waals surface area contributed by atoms with Gasteiger partial charge in [-0.1, -0.05) is 149 Å². The lowest BCUT2D eigenvalue weighted by atomic mass is 10.1. The molecule has 0 amide bonds. The monoisotopic (exact) mass is 870 g/mol. The third kappa shape index (κ3) is 46.0. The molecule has 0 aliphatic rings. The number of unbranched alkanes of at least 4 members (excludes halogenated alkanes) is 9. The summed E-state index contributed by atoms with van der Waals surface area (Å²) < 4.78 is 33.5. The second-order valence-corrected chi connectivity index (χ2v) is 16.6. The zero-order valence-electron chi connectivity index (χ0n) is 38.6. The molecule has 0 bridgehead atoms. The van der Waals surface area contributed by atoms with Crippen LogP contribution in [0.2, 0.25) is 0 Å². The lowest BCUT2D eigenvalue weighted by Crippen LogP contribution is -2.29. The van der Waals surface area contributed by atoms with E-state index in [1.54, 1.807) is 4.90 Å². The fraction of sp³-hybridized carbons (Fsp3) is 0.608. The van der Waals surface area contributed by atoms with Crippen LogP contribution in [0.4, 0.5) is 0 Å². The summed E-state index contributed by atoms with van der Waals surface area (Å²) in [4.78, 5) is 37.1. The van der Waals surface area contributed by atoms with E-state index >= 15 is 0 Å². The van der Waals surface area contributed by atoms with Gasteiger partial charge in [-0.15, -0.1) is 0 Å². The van der Waals surface area contributed by atoms with Gasteiger partial charge in [0.25, 0.3) is 0 Å². The van der Waals surface area contributed by atoms with Crippen LogP contribution < -0.4 is 0 Å². The van der Waals surface area contributed by atoms with Gasteiger partial charge >= 0.3 is 19.8 Å². The zero-order chi connectivity index (χ0) is 44.8. The summed E-state index contributed by atoms with van der Waals surface area (Å²) >= 11 is 0. The van der Waals surface area contributed by atoms with Crippen molar-refractivity contribution in [1.29, 1.82) is 0 Å². The molecule has 2 atom stereocenters. The predicted molar refractivity (Wildman–Crippen MR) is 256 cm³/mol. The Morgan fingerprint density at radius 2 is 0.934 bits per heavy atom. The van der Waals surface area contributed by atoms with Crippen LogP contribution in [0.1, 0.15) is 155 Å². The highest BCUT2D eigenvalue weighted by atomic mass is 31.2. The minimum absolute atomic E-state index is 0.0116. The number of allylic oxidation sites excluding steroid dienone is 18. The average Bonchev–Trinajstić information content (AvgIpc) is 3.23. The molecule has 0 spiro atoms. The van der Waals surface area contributed by atoms with Gasteiger partial charge in [0.15, 0.2) is 6.10 Å². The number of ether oxygens (including phenoxy) is 2. The molecule has 0 aliphatic heterocycles. The standard InChI is InChI=1S/C51H84NO8P/c1-5-7-9-11-13-15-17-19-21-23-25-27-29-31-33-35-37-39-41-43-50(53)57-47-49(48-59-61(55,56)58-46-45-52(3)4)60-51(54)44-42-40-38-36-34-32-30-28-26-24-22-20-18-16-14-12-10-8-6-2/h7,9,13-16,19-22,25-28,31-34,49H,5-6,8,10-12,17-18,23-24,29-30,35-48H2,1-4H3,(H,55,56)/b9-7-,15-13-,16-14-,21-19-,22-20-,27-25-,28-26-,33-31-,34-32-. The first kappa shape index (κ1) is 57.7. The molecule has 0 aromatic rings. The number of rotatable bonds is 41. The van der Waals surface area contributed by atoms with Crippen molar-refractivity contribution < 1.29 is 37.6 Å². The van der Waals surface area contributed by atoms with Crippen LogP contribution >= 0.6 is 7.82 Å². The molecule has 10 heteroatoms. The predicted octanol–water partition coefficient (Wildman–Crippen LogP) is 13.8. The van der Waals surface area contributed by atoms with Crippen molar-refractivity contribution in [3.05, 3.63) is 109 Å². The molecule has 0 saturated heterocycles. The minimum atomic E-state index is -4.39. The number of nitrogens with zero attached hydrogens (tertiary/aromatic N) is 1. The van der Waals surface area contributed by atoms with E-state index in [0.29, 0.717) is 19.4 Å². The Bertz CT molecular complexity index is 1370. The normalized spacial score (nSPS) is 14.3. The highest BCUT2D eigenvalue weighted by Crippen LogP contribution is 2.43. The fourth-order valence-electron chi connectivity index (χ4n) is 5.52. The molecule has 9 nitrogen and oxygen atoms in total. The Balaban J connectivity index is 4.42. The third-order valence-electron chi connectivity index (χ3n) is 9.06. The van der Waals surface area contributed by atoms with E-state index in [1.165, 1.54) is 25.7 Å². The number of phosphoric ester groups is 1. The van der Waals surface area contributed by atoms with E-state index in [1.807, 2.05) is 14.1 Å². The number of hydrogen-bond acceptors (Lipinski definition) is 8. The Morgan fingerprint density at radius 1 is 0.525 bits per heavy atom. The number of esters is 2. The van der Waals surface area contributed by atoms with E-state index in [4.69, 9.17) is 18.5 Å². The maximum atomic E-state index is 12.7. The van der Waals surface area contributed by atoms with E-state index in [9.17, 15) is 19.0 Å². The topological polar surface area (TPSA) is 112 Å². The largest absolute Gasteiger partial charge is 0.472 e. The summed E-state index contributed by atoms with van der Waals surface area (Å²) in [7, 11) is -0.762. The van der Waals surface area contributed by atoms with Crippen molar-refractivity contribution in [3.63, 3.8) is 0 Å². The van der Waals surface area contributed by atoms with Gasteiger partial charge in [0.2, 0.25) is 0 Å². The van der Waals surface area contributed by atoms with Gasteiger partial charge in [0.05, 0.1) is 13.2 Å². The second kappa shape index (κ2) is 44.7. The Morgan fingerprint density at radius 3 is 1.36 bits per heavy atom. The number of carbonyl (C=O) groups is 2. The summed E-state index contributed by atoms with van der Waals surface area (Å²) in [5.74, 6) is -0.888. The minimum Gasteiger partial charge on any atom is -0.462 e. The first-order valence-electron chi connectivity index (χ1n) is 23.2. The van der Waals surface area contributed by atoms with Gasteiger partial charge in [0.1, 0.15) is 6.61 Å². The molecule has 0 saturated carbocycles. The number of likely N-dealkylation sites (N-methyl/N-ethyl adjacent to an activating group) is 1. The van der Waals surface area contributed by atoms with Crippen molar-refractivity contribution in [1.82, 2.24) is 4.90 Å². The van der Waals surface area contributed by atoms with Crippen LogP contribution in [0.3, 0.4) is 0 Å². The van der Waals surface area contributed by atoms with Crippen LogP contribution in [0.25, 0.3) is 0 Å². The lowest BCUT2D eigenvalue weighted by molar-refractivity contribution is -0.161. The molecule has 2 unspecified atom stereocenters. The number of phosphoric acid groups is 1. The van der Waals surface area contributed by atoms with E-state index in [-0.39, 0.29) is 26.1 Å². The van der Waals surface area contributed by atoms with E-state index in [2.05, 4.69) is 123 Å². The molecule has 61 heavy (non-hydrogen) atoms. The van der Waals surface area contributed by atoms with Gasteiger partial charge in [-0.05, 0) is 117 Å². The first-order chi connectivity index (χ1) is 29.7. The summed E-state index contributed by atoms with van der Waals surface area (Å²) in [5, 5.41) is 0. The van der Waals surface area contributed by atoms with E-state index < -0.39 is 32.5 Å². The van der Waals surface area contributed by atoms with Crippen LogP contribution in [0.5, 0.6) is 0 Å². The lowest BCUT2D eigenvalue weighted by Gasteiger charge is -2.20. The highest BCUT2D eigenvalue weighted by molar-refractivity contribution is 7.47. The first-order valence-corrected chi connectivity index (χ1v) is 24.7. The molecular formula is C51H84NO8P. The quantitative estimate of drug-likeness (QED) is 0.0278. The smallest absolute Gasteiger partial charge is 0.462 e. The van der Waals surface area contributed by atoms with Gasteiger partial charge in [-0.25, -0.2) is 4.57 Å². The molecule has 0 aliphatic carbocycles. The molecule has 0 aromatic carbocycles. The Hall–Kier alpha value is -3.33. The number of hydrogen-bond donors (Lipinski definition) is 1. The van der Waals surface area contributed by atoms with Crippen molar-refractivity contribution in [2.45, 2.75) is 161 Å². The third-order valence-corrected chi connectivity index (χ3v) is 10.0. The molecule has 0 fully saturated rings. The number of carbonyl (C=O) groups excluding carboxylic acids is 2. The van der Waals surface area contributed by atoms with E-state index in [0.717, 1.165) is 89.9 Å². The Labute approximate surface area is 372 Å². The molecule has 0 radical (unpaired) electrons. The maximum Gasteiger partial charge on any atom is 0.472 e. The van der Waals surface area contributed by atoms with Crippen LogP contribution in [-0.4, -0.2) is 68.3 Å². The summed E-state index contributed by atoms with van der Waals surface area (Å²) in [5.41, 5.74) is 0. The molecule has 346 valence electrons. The molecular weight excluding hydrogens is 786 g/mol. The molecule has 0 heterocycles. The van der Waals surface area contributed by atoms with Gasteiger partial charge in [-0.3, -0.25) is 18.6 Å². The van der Waals surface area contributed by atoms with Gasteiger partial charge < -0.3 is 19.3 Å². The zero-order valence-corrected chi connectivity index (χ0v) is 39.4. The average molecular weight is 870 g/mol. The SMILES string of the molecule is CC/C=C\C/C=C\C/C=C\C/C=C\C/C=C\CCCCCC(=O)OCC(COP(=O)(O)OCCN(C)C)OC(=O)CCCCC/C=C\C/C=C\C/C=C\C/C=C\CCCCC. The van der Waals surface area contributed by atoms with Gasteiger partial charge in [-0.2, -0.15) is 0 Å². The molecule has 0 aromatic heterocycles. The Kier molecular flexibility index (Phi) is 42.3. The van der Waals surface area contributed by atoms with Crippen molar-refractivity contribution in [2.24, 2.45) is 0 Å². The fourth-order valence-corrected chi connectivity index (χ4v) is 6.26. The van der Waals surface area contributed by atoms with Crippen LogP contribution in [-0.2, 0) is 32.7 Å². The second-order valence-electron chi connectivity index (χ2n) is 15.2. The summed E-state index contributed by atoms with van der Waals surface area (Å²) in [6, 6.07) is 0. The van der Waals surface area contributed by atoms with Crippen LogP contribution in [0.15, 0.2) is 109 Å². The summed E-state index contributed by atoms with van der Waals surface area (Å²) in [6.07, 6.45) is 58.5. The molecule has 0 rings (SSSR count).